The molecule has 2 N–H and O–H groups in total. The Morgan fingerprint density at radius 3 is 2.59 bits per heavy atom. The van der Waals surface area contributed by atoms with Crippen LogP contribution in [0.3, 0.4) is 0 Å². The van der Waals surface area contributed by atoms with Gasteiger partial charge in [0.15, 0.2) is 0 Å². The minimum absolute atomic E-state index is 0.0679. The van der Waals surface area contributed by atoms with E-state index in [4.69, 9.17) is 5.11 Å². The first-order chi connectivity index (χ1) is 8.01. The monoisotopic (exact) mass is 231 g/mol. The molecule has 0 aliphatic heterocycles. The number of benzene rings is 1. The molecule has 0 fully saturated rings. The summed E-state index contributed by atoms with van der Waals surface area (Å²) in [6.07, 6.45) is 0. The zero-order chi connectivity index (χ0) is 12.7. The number of hydrogen-bond donors (Lipinski definition) is 2. The second kappa shape index (κ2) is 6.44. The summed E-state index contributed by atoms with van der Waals surface area (Å²) in [7, 11) is 0. The first-order valence-corrected chi connectivity index (χ1v) is 5.91. The predicted molar refractivity (Wildman–Crippen MR) is 71.3 cm³/mol. The molecule has 0 heterocycles. The van der Waals surface area contributed by atoms with Crippen LogP contribution in [0.5, 0.6) is 0 Å². The second-order valence-corrected chi connectivity index (χ2v) is 5.13. The van der Waals surface area contributed by atoms with Gasteiger partial charge in [0.05, 0.1) is 13.2 Å². The molecule has 0 radical (unpaired) electrons. The number of hydrogen-bond acceptors (Lipinski definition) is 2. The largest absolute Gasteiger partial charge is 0.392 e. The molecule has 0 amide bonds. The molecule has 0 aromatic heterocycles. The van der Waals surface area contributed by atoms with Crippen LogP contribution in [0, 0.1) is 17.3 Å². The van der Waals surface area contributed by atoms with Crippen LogP contribution in [0.15, 0.2) is 24.3 Å². The SMILES string of the molecule is CC(C)(C)C#CCNCc1cccc(CO)c1. The zero-order valence-electron chi connectivity index (χ0n) is 10.9. The van der Waals surface area contributed by atoms with Crippen LogP contribution in [0.4, 0.5) is 0 Å². The van der Waals surface area contributed by atoms with Gasteiger partial charge in [-0.05, 0) is 31.9 Å². The van der Waals surface area contributed by atoms with Gasteiger partial charge in [-0.25, -0.2) is 0 Å². The second-order valence-electron chi connectivity index (χ2n) is 5.13. The molecule has 0 aliphatic carbocycles. The van der Waals surface area contributed by atoms with E-state index in [1.54, 1.807) is 0 Å². The summed E-state index contributed by atoms with van der Waals surface area (Å²) in [6, 6.07) is 7.93. The van der Waals surface area contributed by atoms with E-state index in [0.717, 1.165) is 12.1 Å². The Morgan fingerprint density at radius 1 is 1.24 bits per heavy atom. The summed E-state index contributed by atoms with van der Waals surface area (Å²) >= 11 is 0. The lowest BCUT2D eigenvalue weighted by atomic mass is 9.98. The highest BCUT2D eigenvalue weighted by Crippen LogP contribution is 2.09. The summed E-state index contributed by atoms with van der Waals surface area (Å²) in [6.45, 7) is 7.88. The fraction of sp³-hybridized carbons (Fsp3) is 0.467. The quantitative estimate of drug-likeness (QED) is 0.615. The standard InChI is InChI=1S/C15H21NO/c1-15(2,3)8-5-9-16-11-13-6-4-7-14(10-13)12-17/h4,6-7,10,16-17H,9,11-12H2,1-3H3. The molecule has 0 saturated carbocycles. The first kappa shape index (κ1) is 13.8. The van der Waals surface area contributed by atoms with Crippen LogP contribution in [0.25, 0.3) is 0 Å². The van der Waals surface area contributed by atoms with Gasteiger partial charge in [-0.1, -0.05) is 36.1 Å². The lowest BCUT2D eigenvalue weighted by Crippen LogP contribution is -2.14. The summed E-state index contributed by atoms with van der Waals surface area (Å²) < 4.78 is 0. The number of rotatable bonds is 4. The highest BCUT2D eigenvalue weighted by atomic mass is 16.3. The van der Waals surface area contributed by atoms with Crippen molar-refractivity contribution in [3.63, 3.8) is 0 Å². The van der Waals surface area contributed by atoms with Crippen molar-refractivity contribution in [1.82, 2.24) is 5.32 Å². The lowest BCUT2D eigenvalue weighted by Gasteiger charge is -2.07. The molecule has 0 saturated heterocycles. The summed E-state index contributed by atoms with van der Waals surface area (Å²) in [4.78, 5) is 0. The smallest absolute Gasteiger partial charge is 0.0681 e. The molecule has 0 unspecified atom stereocenters. The van der Waals surface area contributed by atoms with Crippen molar-refractivity contribution < 1.29 is 5.11 Å². The highest BCUT2D eigenvalue weighted by Gasteiger charge is 2.02. The van der Waals surface area contributed by atoms with Crippen molar-refractivity contribution in [1.29, 1.82) is 0 Å². The maximum absolute atomic E-state index is 9.02. The predicted octanol–water partition coefficient (Wildman–Crippen LogP) is 2.32. The normalized spacial score (nSPS) is 10.8. The average molecular weight is 231 g/mol. The summed E-state index contributed by atoms with van der Waals surface area (Å²) in [5.74, 6) is 6.29. The van der Waals surface area contributed by atoms with Crippen molar-refractivity contribution in [2.75, 3.05) is 6.54 Å². The molecule has 2 heteroatoms. The average Bonchev–Trinajstić information content (AvgIpc) is 2.27. The van der Waals surface area contributed by atoms with E-state index >= 15 is 0 Å². The van der Waals surface area contributed by atoms with Crippen LogP contribution in [0.1, 0.15) is 31.9 Å². The van der Waals surface area contributed by atoms with Crippen LogP contribution in [0.2, 0.25) is 0 Å². The van der Waals surface area contributed by atoms with E-state index in [2.05, 4.69) is 37.9 Å². The Hall–Kier alpha value is -1.30. The minimum atomic E-state index is 0.0679. The van der Waals surface area contributed by atoms with Gasteiger partial charge in [-0.15, -0.1) is 0 Å². The Balaban J connectivity index is 2.37. The third kappa shape index (κ3) is 6.11. The first-order valence-electron chi connectivity index (χ1n) is 5.91. The third-order valence-electron chi connectivity index (χ3n) is 2.18. The van der Waals surface area contributed by atoms with Crippen LogP contribution in [-0.4, -0.2) is 11.7 Å². The minimum Gasteiger partial charge on any atom is -0.392 e. The van der Waals surface area contributed by atoms with Gasteiger partial charge in [-0.3, -0.25) is 0 Å². The van der Waals surface area contributed by atoms with Gasteiger partial charge < -0.3 is 10.4 Å². The molecule has 92 valence electrons. The van der Waals surface area contributed by atoms with Gasteiger partial charge in [-0.2, -0.15) is 0 Å². The molecule has 0 bridgehead atoms. The fourth-order valence-electron chi connectivity index (χ4n) is 1.42. The van der Waals surface area contributed by atoms with Crippen molar-refractivity contribution in [3.8, 4) is 11.8 Å². The van der Waals surface area contributed by atoms with Gasteiger partial charge >= 0.3 is 0 Å². The van der Waals surface area contributed by atoms with Crippen molar-refractivity contribution >= 4 is 0 Å². The third-order valence-corrected chi connectivity index (χ3v) is 2.18. The highest BCUT2D eigenvalue weighted by molar-refractivity contribution is 5.22. The van der Waals surface area contributed by atoms with Crippen molar-refractivity contribution in [3.05, 3.63) is 35.4 Å². The lowest BCUT2D eigenvalue weighted by molar-refractivity contribution is 0.281. The zero-order valence-corrected chi connectivity index (χ0v) is 10.9. The van der Waals surface area contributed by atoms with E-state index in [1.165, 1.54) is 5.56 Å². The molecule has 1 aromatic carbocycles. The van der Waals surface area contributed by atoms with Crippen molar-refractivity contribution in [2.45, 2.75) is 33.9 Å². The fourth-order valence-corrected chi connectivity index (χ4v) is 1.42. The number of aliphatic hydroxyl groups excluding tert-OH is 1. The molecule has 0 atom stereocenters. The molecule has 1 rings (SSSR count). The van der Waals surface area contributed by atoms with Gasteiger partial charge in [0.2, 0.25) is 0 Å². The molecule has 17 heavy (non-hydrogen) atoms. The van der Waals surface area contributed by atoms with E-state index in [-0.39, 0.29) is 12.0 Å². The number of aliphatic hydroxyl groups is 1. The topological polar surface area (TPSA) is 32.3 Å². The summed E-state index contributed by atoms with van der Waals surface area (Å²) in [5.41, 5.74) is 2.19. The van der Waals surface area contributed by atoms with Gasteiger partial charge in [0.1, 0.15) is 0 Å². The van der Waals surface area contributed by atoms with E-state index < -0.39 is 0 Å². The maximum Gasteiger partial charge on any atom is 0.0681 e. The number of nitrogens with one attached hydrogen (secondary N) is 1. The van der Waals surface area contributed by atoms with Crippen molar-refractivity contribution in [2.24, 2.45) is 5.41 Å². The van der Waals surface area contributed by atoms with Crippen LogP contribution in [-0.2, 0) is 13.2 Å². The molecular weight excluding hydrogens is 210 g/mol. The van der Waals surface area contributed by atoms with Crippen LogP contribution >= 0.6 is 0 Å². The Bertz CT molecular complexity index is 407. The van der Waals surface area contributed by atoms with Crippen LogP contribution < -0.4 is 5.32 Å². The molecular formula is C15H21NO. The van der Waals surface area contributed by atoms with Gasteiger partial charge in [0.25, 0.3) is 0 Å². The Morgan fingerprint density at radius 2 is 1.94 bits per heavy atom. The molecule has 0 spiro atoms. The molecule has 1 aromatic rings. The Labute approximate surface area is 104 Å². The van der Waals surface area contributed by atoms with E-state index in [1.807, 2.05) is 24.3 Å². The van der Waals surface area contributed by atoms with E-state index in [0.29, 0.717) is 6.54 Å². The Kier molecular flexibility index (Phi) is 5.21. The van der Waals surface area contributed by atoms with Gasteiger partial charge in [0, 0.05) is 12.0 Å². The molecule has 0 aliphatic rings. The maximum atomic E-state index is 9.02. The molecule has 2 nitrogen and oxygen atoms in total. The van der Waals surface area contributed by atoms with E-state index in [9.17, 15) is 0 Å². The summed E-state index contributed by atoms with van der Waals surface area (Å²) in [5, 5.41) is 12.3.